The zero-order valence-corrected chi connectivity index (χ0v) is 11.7. The maximum Gasteiger partial charge on any atom is 0.171 e. The number of nitrogens with one attached hydrogen (secondary N) is 2. The van der Waals surface area contributed by atoms with E-state index in [-0.39, 0.29) is 17.2 Å². The molecule has 0 saturated heterocycles. The summed E-state index contributed by atoms with van der Waals surface area (Å²) in [4.78, 5) is 0. The molecular weight excluding hydrogens is 292 g/mol. The molecule has 6 heteroatoms. The molecule has 0 aliphatic rings. The minimum Gasteiger partial charge on any atom is -0.358 e. The normalized spacial score (nSPS) is 9.76. The van der Waals surface area contributed by atoms with Crippen molar-refractivity contribution in [2.45, 2.75) is 6.54 Å². The summed E-state index contributed by atoms with van der Waals surface area (Å²) in [6.45, 7) is 0.0629. The van der Waals surface area contributed by atoms with Crippen LogP contribution >= 0.6 is 12.2 Å². The van der Waals surface area contributed by atoms with Gasteiger partial charge in [-0.3, -0.25) is 0 Å². The van der Waals surface area contributed by atoms with E-state index in [4.69, 9.17) is 17.5 Å². The Bertz CT molecular complexity index is 710. The van der Waals surface area contributed by atoms with E-state index >= 15 is 0 Å². The molecule has 2 aromatic carbocycles. The van der Waals surface area contributed by atoms with Crippen molar-refractivity contribution in [3.63, 3.8) is 0 Å². The quantitative estimate of drug-likeness (QED) is 0.854. The van der Waals surface area contributed by atoms with Crippen molar-refractivity contribution in [1.82, 2.24) is 5.32 Å². The van der Waals surface area contributed by atoms with Gasteiger partial charge in [-0.1, -0.05) is 6.07 Å². The largest absolute Gasteiger partial charge is 0.358 e. The summed E-state index contributed by atoms with van der Waals surface area (Å²) in [6, 6.07) is 12.0. The molecule has 2 rings (SSSR count). The maximum absolute atomic E-state index is 13.4. The van der Waals surface area contributed by atoms with Gasteiger partial charge in [0.2, 0.25) is 0 Å². The Kier molecular flexibility index (Phi) is 4.80. The van der Waals surface area contributed by atoms with E-state index in [0.717, 1.165) is 18.2 Å². The highest BCUT2D eigenvalue weighted by molar-refractivity contribution is 7.80. The molecular formula is C15H11F2N3S. The average Bonchev–Trinajstić information content (AvgIpc) is 2.48. The fourth-order valence-corrected chi connectivity index (χ4v) is 1.89. The first-order chi connectivity index (χ1) is 10.1. The van der Waals surface area contributed by atoms with Crippen LogP contribution in [0.3, 0.4) is 0 Å². The summed E-state index contributed by atoms with van der Waals surface area (Å²) in [7, 11) is 0. The van der Waals surface area contributed by atoms with Gasteiger partial charge < -0.3 is 10.6 Å². The smallest absolute Gasteiger partial charge is 0.171 e. The van der Waals surface area contributed by atoms with Crippen LogP contribution in [0.1, 0.15) is 11.1 Å². The molecule has 0 atom stereocenters. The molecule has 0 spiro atoms. The molecule has 106 valence electrons. The zero-order chi connectivity index (χ0) is 15.2. The zero-order valence-electron chi connectivity index (χ0n) is 10.9. The van der Waals surface area contributed by atoms with E-state index in [1.165, 1.54) is 0 Å². The minimum absolute atomic E-state index is 0.0629. The number of hydrogen-bond donors (Lipinski definition) is 2. The van der Waals surface area contributed by atoms with E-state index in [1.54, 1.807) is 24.3 Å². The third-order valence-electron chi connectivity index (χ3n) is 2.70. The van der Waals surface area contributed by atoms with E-state index in [0.29, 0.717) is 11.3 Å². The fraction of sp³-hybridized carbons (Fsp3) is 0.0667. The van der Waals surface area contributed by atoms with Crippen LogP contribution in [-0.2, 0) is 6.54 Å². The summed E-state index contributed by atoms with van der Waals surface area (Å²) in [5.41, 5.74) is 1.33. The Morgan fingerprint density at radius 1 is 1.19 bits per heavy atom. The van der Waals surface area contributed by atoms with Gasteiger partial charge in [0.25, 0.3) is 0 Å². The van der Waals surface area contributed by atoms with E-state index in [9.17, 15) is 8.78 Å². The van der Waals surface area contributed by atoms with E-state index in [1.807, 2.05) is 6.07 Å². The Hall–Kier alpha value is -2.52. The Morgan fingerprint density at radius 2 is 2.00 bits per heavy atom. The van der Waals surface area contributed by atoms with Crippen LogP contribution in [0.2, 0.25) is 0 Å². The Labute approximate surface area is 126 Å². The highest BCUT2D eigenvalue weighted by atomic mass is 32.1. The van der Waals surface area contributed by atoms with Gasteiger partial charge in [-0.15, -0.1) is 0 Å². The van der Waals surface area contributed by atoms with Crippen molar-refractivity contribution in [3.8, 4) is 6.07 Å². The molecule has 0 fully saturated rings. The van der Waals surface area contributed by atoms with Crippen molar-refractivity contribution in [2.75, 3.05) is 5.32 Å². The van der Waals surface area contributed by atoms with Crippen LogP contribution < -0.4 is 10.6 Å². The summed E-state index contributed by atoms with van der Waals surface area (Å²) >= 11 is 5.07. The predicted molar refractivity (Wildman–Crippen MR) is 80.6 cm³/mol. The molecule has 0 aliphatic heterocycles. The van der Waals surface area contributed by atoms with Crippen molar-refractivity contribution < 1.29 is 8.78 Å². The van der Waals surface area contributed by atoms with E-state index in [2.05, 4.69) is 10.6 Å². The highest BCUT2D eigenvalue weighted by Crippen LogP contribution is 2.11. The first-order valence-electron chi connectivity index (χ1n) is 6.07. The molecule has 3 nitrogen and oxygen atoms in total. The second kappa shape index (κ2) is 6.77. The molecule has 0 saturated carbocycles. The number of benzene rings is 2. The van der Waals surface area contributed by atoms with Gasteiger partial charge in [0.05, 0.1) is 11.6 Å². The molecule has 0 aliphatic carbocycles. The number of halogens is 2. The third-order valence-corrected chi connectivity index (χ3v) is 2.94. The molecule has 0 aromatic heterocycles. The second-order valence-corrected chi connectivity index (χ2v) is 4.64. The maximum atomic E-state index is 13.4. The van der Waals surface area contributed by atoms with Gasteiger partial charge in [-0.25, -0.2) is 8.78 Å². The molecule has 2 N–H and O–H groups in total. The summed E-state index contributed by atoms with van der Waals surface area (Å²) in [6.07, 6.45) is 0. The monoisotopic (exact) mass is 303 g/mol. The first-order valence-corrected chi connectivity index (χ1v) is 6.48. The van der Waals surface area contributed by atoms with E-state index < -0.39 is 11.6 Å². The van der Waals surface area contributed by atoms with Gasteiger partial charge in [0.15, 0.2) is 5.11 Å². The van der Waals surface area contributed by atoms with Crippen molar-refractivity contribution in [3.05, 3.63) is 65.2 Å². The van der Waals surface area contributed by atoms with Gasteiger partial charge >= 0.3 is 0 Å². The van der Waals surface area contributed by atoms with Gasteiger partial charge in [0, 0.05) is 17.8 Å². The molecule has 21 heavy (non-hydrogen) atoms. The molecule has 0 heterocycles. The SMILES string of the molecule is N#Cc1cccc(NC(=S)NCc2cc(F)ccc2F)c1. The first kappa shape index (κ1) is 14.9. The van der Waals surface area contributed by atoms with Crippen LogP contribution in [0.5, 0.6) is 0 Å². The van der Waals surface area contributed by atoms with Crippen LogP contribution in [0.4, 0.5) is 14.5 Å². The van der Waals surface area contributed by atoms with Crippen molar-refractivity contribution in [1.29, 1.82) is 5.26 Å². The Morgan fingerprint density at radius 3 is 2.76 bits per heavy atom. The average molecular weight is 303 g/mol. The van der Waals surface area contributed by atoms with Crippen molar-refractivity contribution >= 4 is 23.0 Å². The number of nitriles is 1. The number of thiocarbonyl (C=S) groups is 1. The summed E-state index contributed by atoms with van der Waals surface area (Å²) in [5.74, 6) is -1.01. The number of anilines is 1. The highest BCUT2D eigenvalue weighted by Gasteiger charge is 2.05. The van der Waals surface area contributed by atoms with Crippen LogP contribution in [0.15, 0.2) is 42.5 Å². The van der Waals surface area contributed by atoms with Crippen LogP contribution in [-0.4, -0.2) is 5.11 Å². The minimum atomic E-state index is -0.506. The molecule has 2 aromatic rings. The second-order valence-electron chi connectivity index (χ2n) is 4.24. The molecule has 0 amide bonds. The lowest BCUT2D eigenvalue weighted by molar-refractivity contribution is 0.582. The number of hydrogen-bond acceptors (Lipinski definition) is 2. The lowest BCUT2D eigenvalue weighted by Gasteiger charge is -2.11. The number of rotatable bonds is 3. The van der Waals surface area contributed by atoms with Gasteiger partial charge in [-0.05, 0) is 48.6 Å². The molecule has 0 unspecified atom stereocenters. The lowest BCUT2D eigenvalue weighted by Crippen LogP contribution is -2.28. The topological polar surface area (TPSA) is 47.9 Å². The number of nitrogens with zero attached hydrogens (tertiary/aromatic N) is 1. The molecule has 0 bridgehead atoms. The molecule has 0 radical (unpaired) electrons. The van der Waals surface area contributed by atoms with Gasteiger partial charge in [0.1, 0.15) is 11.6 Å². The van der Waals surface area contributed by atoms with Crippen molar-refractivity contribution in [2.24, 2.45) is 0 Å². The summed E-state index contributed by atoms with van der Waals surface area (Å²) in [5, 5.41) is 14.7. The fourth-order valence-electron chi connectivity index (χ4n) is 1.70. The van der Waals surface area contributed by atoms with Crippen LogP contribution in [0, 0.1) is 23.0 Å². The lowest BCUT2D eigenvalue weighted by atomic mass is 10.2. The third kappa shape index (κ3) is 4.23. The predicted octanol–water partition coefficient (Wildman–Crippen LogP) is 3.32. The van der Waals surface area contributed by atoms with Gasteiger partial charge in [-0.2, -0.15) is 5.26 Å². The van der Waals surface area contributed by atoms with Crippen LogP contribution in [0.25, 0.3) is 0 Å². The standard InChI is InChI=1S/C15H11F2N3S/c16-12-4-5-14(17)11(7-12)9-19-15(21)20-13-3-1-2-10(6-13)8-18/h1-7H,9H2,(H2,19,20,21). The summed E-state index contributed by atoms with van der Waals surface area (Å²) < 4.78 is 26.5. The Balaban J connectivity index is 1.96.